The highest BCUT2D eigenvalue weighted by Gasteiger charge is 2.50. The lowest BCUT2D eigenvalue weighted by atomic mass is 9.95. The number of pyridine rings is 1. The van der Waals surface area contributed by atoms with Gasteiger partial charge in [0.25, 0.3) is 0 Å². The number of piperidine rings is 1. The van der Waals surface area contributed by atoms with Gasteiger partial charge in [0.2, 0.25) is 11.8 Å². The van der Waals surface area contributed by atoms with Gasteiger partial charge >= 0.3 is 0 Å². The molecular formula is C22H25Cl2N5O. The number of hydrogen-bond acceptors (Lipinski definition) is 5. The maximum atomic E-state index is 6.01. The monoisotopic (exact) mass is 445 g/mol. The lowest BCUT2D eigenvalue weighted by Gasteiger charge is -2.32. The zero-order valence-electron chi connectivity index (χ0n) is 16.9. The molecule has 3 aromatic rings. The van der Waals surface area contributed by atoms with E-state index >= 15 is 0 Å². The molecule has 1 aliphatic carbocycles. The molecule has 0 amide bonds. The van der Waals surface area contributed by atoms with Crippen LogP contribution in [-0.4, -0.2) is 38.9 Å². The van der Waals surface area contributed by atoms with Crippen LogP contribution in [0.4, 0.5) is 5.95 Å². The van der Waals surface area contributed by atoms with Crippen molar-refractivity contribution in [3.8, 4) is 5.88 Å². The van der Waals surface area contributed by atoms with Crippen molar-refractivity contribution in [3.63, 3.8) is 0 Å². The second kappa shape index (κ2) is 8.44. The van der Waals surface area contributed by atoms with Gasteiger partial charge in [-0.2, -0.15) is 0 Å². The van der Waals surface area contributed by atoms with E-state index in [0.717, 1.165) is 50.5 Å². The second-order valence-electron chi connectivity index (χ2n) is 7.95. The number of nitrogens with zero attached hydrogens (tertiary/aromatic N) is 5. The first-order valence-corrected chi connectivity index (χ1v) is 10.5. The third-order valence-electron chi connectivity index (χ3n) is 6.07. The van der Waals surface area contributed by atoms with Gasteiger partial charge in [-0.05, 0) is 24.5 Å². The van der Waals surface area contributed by atoms with Crippen LogP contribution in [0.25, 0.3) is 0 Å². The van der Waals surface area contributed by atoms with E-state index in [0.29, 0.717) is 10.9 Å². The molecule has 0 atom stereocenters. The Morgan fingerprint density at radius 3 is 2.40 bits per heavy atom. The molecule has 0 spiro atoms. The van der Waals surface area contributed by atoms with Crippen LogP contribution in [0.1, 0.15) is 37.1 Å². The summed E-state index contributed by atoms with van der Waals surface area (Å²) in [5.74, 6) is 2.65. The van der Waals surface area contributed by atoms with Crippen molar-refractivity contribution < 1.29 is 4.74 Å². The minimum absolute atomic E-state index is 0. The van der Waals surface area contributed by atoms with Crippen molar-refractivity contribution in [3.05, 3.63) is 65.1 Å². The van der Waals surface area contributed by atoms with Gasteiger partial charge in [-0.15, -0.1) is 22.6 Å². The van der Waals surface area contributed by atoms with E-state index in [4.69, 9.17) is 16.3 Å². The largest absolute Gasteiger partial charge is 0.474 e. The molecule has 3 heterocycles. The van der Waals surface area contributed by atoms with E-state index in [1.54, 1.807) is 12.3 Å². The van der Waals surface area contributed by atoms with Crippen molar-refractivity contribution in [1.29, 1.82) is 0 Å². The fourth-order valence-electron chi connectivity index (χ4n) is 4.31. The Labute approximate surface area is 187 Å². The van der Waals surface area contributed by atoms with Crippen molar-refractivity contribution in [2.75, 3.05) is 18.0 Å². The van der Waals surface area contributed by atoms with Gasteiger partial charge in [0.1, 0.15) is 11.9 Å². The molecular weight excluding hydrogens is 421 g/mol. The van der Waals surface area contributed by atoms with Crippen LogP contribution in [-0.2, 0) is 12.5 Å². The maximum Gasteiger partial charge on any atom is 0.226 e. The van der Waals surface area contributed by atoms with Gasteiger partial charge in [0.05, 0.1) is 10.4 Å². The summed E-state index contributed by atoms with van der Waals surface area (Å²) in [4.78, 5) is 6.55. The van der Waals surface area contributed by atoms with Crippen LogP contribution in [0.5, 0.6) is 5.88 Å². The van der Waals surface area contributed by atoms with E-state index < -0.39 is 0 Å². The molecule has 6 nitrogen and oxygen atoms in total. The molecule has 0 bridgehead atoms. The Morgan fingerprint density at radius 2 is 1.77 bits per heavy atom. The molecule has 2 fully saturated rings. The van der Waals surface area contributed by atoms with Gasteiger partial charge in [-0.1, -0.05) is 41.9 Å². The predicted octanol–water partition coefficient (Wildman–Crippen LogP) is 4.41. The molecule has 0 radical (unpaired) electrons. The number of rotatable bonds is 5. The highest BCUT2D eigenvalue weighted by Crippen LogP contribution is 2.52. The zero-order valence-corrected chi connectivity index (χ0v) is 18.4. The van der Waals surface area contributed by atoms with E-state index in [1.165, 1.54) is 5.56 Å². The van der Waals surface area contributed by atoms with Crippen LogP contribution in [0.2, 0.25) is 5.02 Å². The first-order valence-electron chi connectivity index (χ1n) is 10.1. The van der Waals surface area contributed by atoms with Crippen molar-refractivity contribution in [2.24, 2.45) is 7.05 Å². The van der Waals surface area contributed by atoms with Crippen LogP contribution in [0.15, 0.2) is 48.7 Å². The summed E-state index contributed by atoms with van der Waals surface area (Å²) < 4.78 is 8.20. The zero-order chi connectivity index (χ0) is 19.8. The molecule has 0 unspecified atom stereocenters. The van der Waals surface area contributed by atoms with Gasteiger partial charge < -0.3 is 9.64 Å². The van der Waals surface area contributed by atoms with Gasteiger partial charge in [-0.3, -0.25) is 4.57 Å². The van der Waals surface area contributed by atoms with Gasteiger partial charge in [0.15, 0.2) is 0 Å². The summed E-state index contributed by atoms with van der Waals surface area (Å²) in [7, 11) is 2.09. The maximum absolute atomic E-state index is 6.01. The number of aromatic nitrogens is 4. The van der Waals surface area contributed by atoms with Gasteiger partial charge in [0, 0.05) is 45.2 Å². The van der Waals surface area contributed by atoms with Crippen molar-refractivity contribution in [1.82, 2.24) is 19.7 Å². The number of halogens is 2. The molecule has 5 rings (SSSR count). The third-order valence-corrected chi connectivity index (χ3v) is 6.29. The molecule has 2 aliphatic rings. The Hall–Kier alpha value is -2.31. The predicted molar refractivity (Wildman–Crippen MR) is 120 cm³/mol. The molecule has 1 saturated heterocycles. The number of hydrogen-bond donors (Lipinski definition) is 0. The summed E-state index contributed by atoms with van der Waals surface area (Å²) in [5, 5.41) is 9.79. The number of anilines is 1. The standard InChI is InChI=1S/C22H24ClN5O.ClH/c1-27-20(22(11-12-22)16-5-3-2-4-6-16)25-26-21(27)28-13-9-18(10-14-28)29-19-8-7-17(23)15-24-19;/h2-8,15,18H,9-14H2,1H3;1H. The topological polar surface area (TPSA) is 56.1 Å². The molecule has 1 aliphatic heterocycles. The quantitative estimate of drug-likeness (QED) is 0.581. The third kappa shape index (κ3) is 3.86. The normalized spacial score (nSPS) is 18.0. The smallest absolute Gasteiger partial charge is 0.226 e. The summed E-state index contributed by atoms with van der Waals surface area (Å²) in [6.45, 7) is 1.78. The summed E-state index contributed by atoms with van der Waals surface area (Å²) >= 11 is 5.89. The summed E-state index contributed by atoms with van der Waals surface area (Å²) in [5.41, 5.74) is 1.37. The Morgan fingerprint density at radius 1 is 1.03 bits per heavy atom. The number of benzene rings is 1. The highest BCUT2D eigenvalue weighted by molar-refractivity contribution is 6.30. The summed E-state index contributed by atoms with van der Waals surface area (Å²) in [6, 6.07) is 14.3. The second-order valence-corrected chi connectivity index (χ2v) is 8.39. The Kier molecular flexibility index (Phi) is 5.89. The average Bonchev–Trinajstić information content (AvgIpc) is 3.47. The van der Waals surface area contributed by atoms with E-state index in [1.807, 2.05) is 6.07 Å². The molecule has 158 valence electrons. The fourth-order valence-corrected chi connectivity index (χ4v) is 4.42. The van der Waals surface area contributed by atoms with E-state index in [9.17, 15) is 0 Å². The molecule has 8 heteroatoms. The minimum Gasteiger partial charge on any atom is -0.474 e. The lowest BCUT2D eigenvalue weighted by Crippen LogP contribution is -2.39. The summed E-state index contributed by atoms with van der Waals surface area (Å²) in [6.07, 6.45) is 5.90. The van der Waals surface area contributed by atoms with Gasteiger partial charge in [-0.25, -0.2) is 4.98 Å². The van der Waals surface area contributed by atoms with E-state index in [-0.39, 0.29) is 23.9 Å². The highest BCUT2D eigenvalue weighted by atomic mass is 35.5. The number of ether oxygens (including phenoxy) is 1. The fraction of sp³-hybridized carbons (Fsp3) is 0.409. The van der Waals surface area contributed by atoms with Crippen LogP contribution >= 0.6 is 24.0 Å². The Balaban J connectivity index is 0.00000218. The Bertz CT molecular complexity index is 981. The molecule has 1 aromatic carbocycles. The first kappa shape index (κ1) is 20.9. The van der Waals surface area contributed by atoms with Crippen molar-refractivity contribution in [2.45, 2.75) is 37.2 Å². The molecule has 30 heavy (non-hydrogen) atoms. The average molecular weight is 446 g/mol. The van der Waals surface area contributed by atoms with Crippen LogP contribution in [0.3, 0.4) is 0 Å². The molecule has 2 aromatic heterocycles. The van der Waals surface area contributed by atoms with Crippen molar-refractivity contribution >= 4 is 30.0 Å². The lowest BCUT2D eigenvalue weighted by molar-refractivity contribution is 0.163. The SMILES string of the molecule is Cl.Cn1c(N2CCC(Oc3ccc(Cl)cn3)CC2)nnc1C1(c2ccccc2)CC1. The minimum atomic E-state index is 0. The first-order chi connectivity index (χ1) is 14.2. The molecule has 1 saturated carbocycles. The molecule has 0 N–H and O–H groups in total. The van der Waals surface area contributed by atoms with Crippen LogP contribution < -0.4 is 9.64 Å². The van der Waals surface area contributed by atoms with Crippen LogP contribution in [0, 0.1) is 0 Å². The van der Waals surface area contributed by atoms with E-state index in [2.05, 4.69) is 62.0 Å².